The third-order valence-electron chi connectivity index (χ3n) is 4.94. The Morgan fingerprint density at radius 1 is 1.21 bits per heavy atom. The Morgan fingerprint density at radius 3 is 2.59 bits per heavy atom. The molecular weight excluding hydrogens is 390 g/mol. The van der Waals surface area contributed by atoms with Gasteiger partial charge in [0.25, 0.3) is 0 Å². The summed E-state index contributed by atoms with van der Waals surface area (Å²) < 4.78 is 10.2. The van der Waals surface area contributed by atoms with Gasteiger partial charge in [0.2, 0.25) is 0 Å². The third kappa shape index (κ3) is 5.69. The van der Waals surface area contributed by atoms with Crippen LogP contribution in [0.15, 0.2) is 29.6 Å². The van der Waals surface area contributed by atoms with E-state index in [2.05, 4.69) is 10.3 Å². The van der Waals surface area contributed by atoms with Crippen LogP contribution >= 0.6 is 11.3 Å². The lowest BCUT2D eigenvalue weighted by Crippen LogP contribution is -2.43. The highest BCUT2D eigenvalue weighted by Gasteiger charge is 2.27. The highest BCUT2D eigenvalue weighted by atomic mass is 32.1. The highest BCUT2D eigenvalue weighted by molar-refractivity contribution is 7.09. The summed E-state index contributed by atoms with van der Waals surface area (Å²) in [5.41, 5.74) is 0.997. The number of urea groups is 1. The normalized spacial score (nSPS) is 14.3. The number of aromatic nitrogens is 1. The zero-order valence-corrected chi connectivity index (χ0v) is 17.7. The molecule has 0 bridgehead atoms. The molecule has 0 aliphatic heterocycles. The van der Waals surface area contributed by atoms with Gasteiger partial charge in [-0.05, 0) is 44.0 Å². The number of carbonyl (C=O) groups excluding carboxylic acids is 2. The molecule has 8 heteroatoms. The molecule has 0 unspecified atom stereocenters. The van der Waals surface area contributed by atoms with Crippen molar-refractivity contribution in [3.05, 3.63) is 40.3 Å². The van der Waals surface area contributed by atoms with E-state index in [0.717, 1.165) is 36.4 Å². The molecule has 0 atom stereocenters. The second-order valence-corrected chi connectivity index (χ2v) is 7.87. The van der Waals surface area contributed by atoms with E-state index in [1.165, 1.54) is 24.9 Å². The second-order valence-electron chi connectivity index (χ2n) is 6.93. The van der Waals surface area contributed by atoms with Gasteiger partial charge in [-0.25, -0.2) is 14.6 Å². The molecule has 1 aliphatic rings. The van der Waals surface area contributed by atoms with Crippen molar-refractivity contribution in [1.29, 1.82) is 0 Å². The molecule has 0 spiro atoms. The Balaban J connectivity index is 1.72. The van der Waals surface area contributed by atoms with Gasteiger partial charge in [-0.1, -0.05) is 19.3 Å². The van der Waals surface area contributed by atoms with Crippen LogP contribution in [0.3, 0.4) is 0 Å². The molecule has 29 heavy (non-hydrogen) atoms. The zero-order chi connectivity index (χ0) is 20.6. The molecule has 2 amide bonds. The topological polar surface area (TPSA) is 80.8 Å². The van der Waals surface area contributed by atoms with Crippen LogP contribution in [0.4, 0.5) is 10.5 Å². The van der Waals surface area contributed by atoms with E-state index in [9.17, 15) is 9.59 Å². The lowest BCUT2D eigenvalue weighted by molar-refractivity contribution is 0.0594. The highest BCUT2D eigenvalue weighted by Crippen LogP contribution is 2.26. The van der Waals surface area contributed by atoms with Gasteiger partial charge >= 0.3 is 12.0 Å². The summed E-state index contributed by atoms with van der Waals surface area (Å²) >= 11 is 1.37. The Morgan fingerprint density at radius 2 is 1.93 bits per heavy atom. The number of rotatable bonds is 7. The van der Waals surface area contributed by atoms with Crippen molar-refractivity contribution < 1.29 is 19.1 Å². The van der Waals surface area contributed by atoms with E-state index in [4.69, 9.17) is 9.47 Å². The number of ether oxygens (including phenoxy) is 2. The average Bonchev–Trinajstić information content (AvgIpc) is 3.22. The first-order valence-electron chi connectivity index (χ1n) is 9.94. The molecule has 1 aromatic heterocycles. The van der Waals surface area contributed by atoms with Crippen LogP contribution in [0.5, 0.6) is 5.75 Å². The summed E-state index contributed by atoms with van der Waals surface area (Å²) in [5, 5.41) is 5.38. The van der Waals surface area contributed by atoms with E-state index >= 15 is 0 Å². The summed E-state index contributed by atoms with van der Waals surface area (Å²) in [6.07, 6.45) is 5.39. The molecular formula is C21H27N3O4S. The molecule has 3 rings (SSSR count). The first-order valence-corrected chi connectivity index (χ1v) is 10.8. The number of nitrogens with zero attached hydrogens (tertiary/aromatic N) is 2. The molecule has 1 aliphatic carbocycles. The Labute approximate surface area is 175 Å². The van der Waals surface area contributed by atoms with Gasteiger partial charge < -0.3 is 19.7 Å². The van der Waals surface area contributed by atoms with E-state index < -0.39 is 5.97 Å². The van der Waals surface area contributed by atoms with Crippen LogP contribution < -0.4 is 10.1 Å². The van der Waals surface area contributed by atoms with Crippen molar-refractivity contribution in [2.75, 3.05) is 19.0 Å². The molecule has 2 aromatic rings. The standard InChI is InChI=1S/C21H27N3O4S/c1-3-28-17-11-9-15(10-12-17)22-21(26)24(16-7-5-4-6-8-16)13-19-23-18(14-29-19)20(25)27-2/h9-12,14,16H,3-8,13H2,1-2H3,(H,22,26). The number of carbonyl (C=O) groups is 2. The number of hydrogen-bond acceptors (Lipinski definition) is 6. The minimum atomic E-state index is -0.462. The van der Waals surface area contributed by atoms with Crippen LogP contribution in [0, 0.1) is 0 Å². The third-order valence-corrected chi connectivity index (χ3v) is 5.78. The lowest BCUT2D eigenvalue weighted by atomic mass is 9.94. The van der Waals surface area contributed by atoms with E-state index in [1.807, 2.05) is 36.1 Å². The van der Waals surface area contributed by atoms with Gasteiger partial charge in [0.15, 0.2) is 5.69 Å². The predicted octanol–water partition coefficient (Wildman–Crippen LogP) is 4.70. The van der Waals surface area contributed by atoms with Gasteiger partial charge in [-0.15, -0.1) is 11.3 Å². The average molecular weight is 418 g/mol. The molecule has 0 radical (unpaired) electrons. The fourth-order valence-corrected chi connectivity index (χ4v) is 4.24. The largest absolute Gasteiger partial charge is 0.494 e. The predicted molar refractivity (Wildman–Crippen MR) is 112 cm³/mol. The summed E-state index contributed by atoms with van der Waals surface area (Å²) in [6.45, 7) is 2.90. The smallest absolute Gasteiger partial charge is 0.357 e. The number of nitrogens with one attached hydrogen (secondary N) is 1. The van der Waals surface area contributed by atoms with Crippen LogP contribution in [0.25, 0.3) is 0 Å². The zero-order valence-electron chi connectivity index (χ0n) is 16.8. The van der Waals surface area contributed by atoms with Crippen LogP contribution in [-0.2, 0) is 11.3 Å². The number of thiazole rings is 1. The second kappa shape index (κ2) is 10.2. The van der Waals surface area contributed by atoms with Gasteiger partial charge in [0.05, 0.1) is 20.3 Å². The first-order chi connectivity index (χ1) is 14.1. The van der Waals surface area contributed by atoms with Crippen molar-refractivity contribution in [1.82, 2.24) is 9.88 Å². The number of methoxy groups -OCH3 is 1. The monoisotopic (exact) mass is 417 g/mol. The maximum absolute atomic E-state index is 13.1. The van der Waals surface area contributed by atoms with Crippen LogP contribution in [0.2, 0.25) is 0 Å². The van der Waals surface area contributed by atoms with Crippen molar-refractivity contribution in [3.63, 3.8) is 0 Å². The van der Waals surface area contributed by atoms with Gasteiger partial charge in [-0.2, -0.15) is 0 Å². The molecule has 7 nitrogen and oxygen atoms in total. The van der Waals surface area contributed by atoms with Crippen molar-refractivity contribution in [3.8, 4) is 5.75 Å². The summed E-state index contributed by atoms with van der Waals surface area (Å²) in [5.74, 6) is 0.309. The van der Waals surface area contributed by atoms with E-state index in [1.54, 1.807) is 5.38 Å². The van der Waals surface area contributed by atoms with Crippen LogP contribution in [0.1, 0.15) is 54.5 Å². The molecule has 156 valence electrons. The molecule has 1 fully saturated rings. The Hall–Kier alpha value is -2.61. The first kappa shape index (κ1) is 21.1. The number of esters is 1. The van der Waals surface area contributed by atoms with E-state index in [-0.39, 0.29) is 17.8 Å². The van der Waals surface area contributed by atoms with Crippen molar-refractivity contribution in [2.24, 2.45) is 0 Å². The Bertz CT molecular complexity index is 816. The quantitative estimate of drug-likeness (QED) is 0.661. The number of hydrogen-bond donors (Lipinski definition) is 1. The molecule has 1 aromatic carbocycles. The fourth-order valence-electron chi connectivity index (χ4n) is 3.48. The SMILES string of the molecule is CCOc1ccc(NC(=O)N(Cc2nc(C(=O)OC)cs2)C2CCCCC2)cc1. The van der Waals surface area contributed by atoms with Crippen molar-refractivity contribution >= 4 is 29.0 Å². The lowest BCUT2D eigenvalue weighted by Gasteiger charge is -2.33. The van der Waals surface area contributed by atoms with Gasteiger partial charge in [0, 0.05) is 17.1 Å². The molecule has 1 saturated carbocycles. The maximum Gasteiger partial charge on any atom is 0.357 e. The number of amides is 2. The number of anilines is 1. The summed E-state index contributed by atoms with van der Waals surface area (Å²) in [7, 11) is 1.33. The molecule has 1 heterocycles. The van der Waals surface area contributed by atoms with E-state index in [0.29, 0.717) is 18.8 Å². The molecule has 1 N–H and O–H groups in total. The fraction of sp³-hybridized carbons (Fsp3) is 0.476. The number of benzene rings is 1. The Kier molecular flexibility index (Phi) is 7.46. The van der Waals surface area contributed by atoms with Crippen LogP contribution in [-0.4, -0.2) is 41.6 Å². The summed E-state index contributed by atoms with van der Waals surface area (Å²) in [4.78, 5) is 31.0. The van der Waals surface area contributed by atoms with Gasteiger partial charge in [0.1, 0.15) is 10.8 Å². The minimum Gasteiger partial charge on any atom is -0.494 e. The van der Waals surface area contributed by atoms with Gasteiger partial charge in [-0.3, -0.25) is 0 Å². The van der Waals surface area contributed by atoms with Crippen molar-refractivity contribution in [2.45, 2.75) is 51.6 Å². The minimum absolute atomic E-state index is 0.157. The maximum atomic E-state index is 13.1. The summed E-state index contributed by atoms with van der Waals surface area (Å²) in [6, 6.07) is 7.36. The molecule has 0 saturated heterocycles.